The summed E-state index contributed by atoms with van der Waals surface area (Å²) in [5, 5.41) is 0. The van der Waals surface area contributed by atoms with Gasteiger partial charge in [0.1, 0.15) is 10.7 Å². The second-order valence-electron chi connectivity index (χ2n) is 4.06. The second-order valence-corrected chi connectivity index (χ2v) is 5.74. The summed E-state index contributed by atoms with van der Waals surface area (Å²) >= 11 is 0. The third-order valence-corrected chi connectivity index (χ3v) is 4.00. The summed E-state index contributed by atoms with van der Waals surface area (Å²) in [5.41, 5.74) is 5.66. The molecular weight excluding hydrogens is 294 g/mol. The van der Waals surface area contributed by atoms with Crippen molar-refractivity contribution in [3.8, 4) is 0 Å². The third kappa shape index (κ3) is 3.29. The number of para-hydroxylation sites is 1. The fraction of sp³-hybridized carbons (Fsp3) is 0.0769. The Bertz CT molecular complexity index is 757. The highest BCUT2D eigenvalue weighted by molar-refractivity contribution is 7.92. The lowest BCUT2D eigenvalue weighted by molar-refractivity contribution is 0.0602. The number of pyridine rings is 1. The molecule has 0 aliphatic rings. The number of methoxy groups -OCH3 is 1. The van der Waals surface area contributed by atoms with E-state index in [9.17, 15) is 13.2 Å². The highest BCUT2D eigenvalue weighted by Crippen LogP contribution is 2.20. The minimum atomic E-state index is -3.87. The maximum Gasteiger partial charge on any atom is 0.339 e. The largest absolute Gasteiger partial charge is 0.465 e. The van der Waals surface area contributed by atoms with Gasteiger partial charge in [-0.2, -0.15) is 0 Å². The highest BCUT2D eigenvalue weighted by Gasteiger charge is 2.19. The number of ether oxygens (including phenoxy) is 1. The number of carbonyl (C=O) groups is 1. The molecule has 2 aromatic rings. The molecule has 21 heavy (non-hydrogen) atoms. The van der Waals surface area contributed by atoms with Crippen LogP contribution in [-0.2, 0) is 14.8 Å². The second kappa shape index (κ2) is 5.80. The van der Waals surface area contributed by atoms with E-state index in [0.29, 0.717) is 0 Å². The van der Waals surface area contributed by atoms with E-state index in [1.54, 1.807) is 12.1 Å². The summed E-state index contributed by atoms with van der Waals surface area (Å²) in [4.78, 5) is 15.3. The Morgan fingerprint density at radius 3 is 2.57 bits per heavy atom. The number of esters is 1. The van der Waals surface area contributed by atoms with Crippen LogP contribution in [0.25, 0.3) is 0 Å². The van der Waals surface area contributed by atoms with Crippen molar-refractivity contribution in [2.75, 3.05) is 17.6 Å². The molecule has 0 saturated heterocycles. The molecule has 0 saturated carbocycles. The van der Waals surface area contributed by atoms with Crippen LogP contribution >= 0.6 is 0 Å². The number of hydrogen-bond acceptors (Lipinski definition) is 6. The molecule has 8 heteroatoms. The van der Waals surface area contributed by atoms with E-state index >= 15 is 0 Å². The van der Waals surface area contributed by atoms with Crippen molar-refractivity contribution < 1.29 is 17.9 Å². The summed E-state index contributed by atoms with van der Waals surface area (Å²) in [6, 6.07) is 8.84. The van der Waals surface area contributed by atoms with Crippen LogP contribution in [0.5, 0.6) is 0 Å². The van der Waals surface area contributed by atoms with Crippen molar-refractivity contribution in [2.45, 2.75) is 4.90 Å². The Morgan fingerprint density at radius 2 is 1.95 bits per heavy atom. The maximum absolute atomic E-state index is 12.2. The zero-order chi connectivity index (χ0) is 15.5. The summed E-state index contributed by atoms with van der Waals surface area (Å²) in [7, 11) is -2.65. The molecule has 0 radical (unpaired) electrons. The molecule has 0 atom stereocenters. The van der Waals surface area contributed by atoms with Gasteiger partial charge in [-0.1, -0.05) is 12.1 Å². The third-order valence-electron chi connectivity index (χ3n) is 2.65. The standard InChI is InChI=1S/C13H13N3O4S/c1-20-13(17)10-4-2-3-5-11(10)16-21(18,19)9-6-7-12(14)15-8-9/h2-8,16H,1H3,(H2,14,15). The van der Waals surface area contributed by atoms with Crippen LogP contribution in [0.3, 0.4) is 0 Å². The Morgan fingerprint density at radius 1 is 1.24 bits per heavy atom. The first-order valence-electron chi connectivity index (χ1n) is 5.86. The maximum atomic E-state index is 12.2. The lowest BCUT2D eigenvalue weighted by atomic mass is 10.2. The monoisotopic (exact) mass is 307 g/mol. The fourth-order valence-electron chi connectivity index (χ4n) is 1.61. The smallest absolute Gasteiger partial charge is 0.339 e. The molecule has 0 bridgehead atoms. The van der Waals surface area contributed by atoms with Gasteiger partial charge in [0, 0.05) is 6.20 Å². The minimum Gasteiger partial charge on any atom is -0.465 e. The number of benzene rings is 1. The number of sulfonamides is 1. The Hall–Kier alpha value is -2.61. The number of aromatic nitrogens is 1. The van der Waals surface area contributed by atoms with Gasteiger partial charge in [-0.05, 0) is 24.3 Å². The summed E-state index contributed by atoms with van der Waals surface area (Å²) in [6.45, 7) is 0. The van der Waals surface area contributed by atoms with Crippen LogP contribution < -0.4 is 10.5 Å². The normalized spacial score (nSPS) is 10.9. The average Bonchev–Trinajstić information content (AvgIpc) is 2.47. The molecule has 110 valence electrons. The molecule has 1 heterocycles. The number of carbonyl (C=O) groups excluding carboxylic acids is 1. The van der Waals surface area contributed by atoms with Gasteiger partial charge in [0.2, 0.25) is 0 Å². The van der Waals surface area contributed by atoms with Crippen molar-refractivity contribution in [1.82, 2.24) is 4.98 Å². The van der Waals surface area contributed by atoms with Gasteiger partial charge in [-0.3, -0.25) is 4.72 Å². The number of rotatable bonds is 4. The van der Waals surface area contributed by atoms with Gasteiger partial charge in [0.05, 0.1) is 18.4 Å². The topological polar surface area (TPSA) is 111 Å². The lowest BCUT2D eigenvalue weighted by Gasteiger charge is -2.11. The Balaban J connectivity index is 2.37. The van der Waals surface area contributed by atoms with Gasteiger partial charge >= 0.3 is 5.97 Å². The molecule has 0 fully saturated rings. The number of anilines is 2. The number of hydrogen-bond donors (Lipinski definition) is 2. The molecule has 0 aliphatic heterocycles. The molecule has 0 aliphatic carbocycles. The molecule has 1 aromatic heterocycles. The van der Waals surface area contributed by atoms with E-state index in [1.165, 1.54) is 31.4 Å². The van der Waals surface area contributed by atoms with E-state index in [2.05, 4.69) is 14.4 Å². The zero-order valence-electron chi connectivity index (χ0n) is 11.1. The van der Waals surface area contributed by atoms with Gasteiger partial charge in [-0.15, -0.1) is 0 Å². The number of nitrogens with zero attached hydrogens (tertiary/aromatic N) is 1. The van der Waals surface area contributed by atoms with Crippen molar-refractivity contribution >= 4 is 27.5 Å². The van der Waals surface area contributed by atoms with Crippen LogP contribution in [0, 0.1) is 0 Å². The highest BCUT2D eigenvalue weighted by atomic mass is 32.2. The minimum absolute atomic E-state index is 0.0589. The van der Waals surface area contributed by atoms with Gasteiger partial charge in [0.25, 0.3) is 10.0 Å². The number of nitrogen functional groups attached to an aromatic ring is 1. The number of nitrogens with one attached hydrogen (secondary N) is 1. The van der Waals surface area contributed by atoms with Crippen LogP contribution in [0.15, 0.2) is 47.5 Å². The SMILES string of the molecule is COC(=O)c1ccccc1NS(=O)(=O)c1ccc(N)nc1. The lowest BCUT2D eigenvalue weighted by Crippen LogP contribution is -2.16. The predicted octanol–water partition coefficient (Wildman–Crippen LogP) is 1.25. The Kier molecular flexibility index (Phi) is 4.08. The van der Waals surface area contributed by atoms with Crippen LogP contribution in [0.4, 0.5) is 11.5 Å². The van der Waals surface area contributed by atoms with Crippen molar-refractivity contribution in [3.05, 3.63) is 48.2 Å². The molecule has 0 amide bonds. The molecule has 3 N–H and O–H groups in total. The van der Waals surface area contributed by atoms with Crippen LogP contribution in [0.1, 0.15) is 10.4 Å². The average molecular weight is 307 g/mol. The van der Waals surface area contributed by atoms with Crippen LogP contribution in [-0.4, -0.2) is 26.5 Å². The Labute approximate surface area is 121 Å². The number of nitrogens with two attached hydrogens (primary N) is 1. The van der Waals surface area contributed by atoms with Crippen molar-refractivity contribution in [2.24, 2.45) is 0 Å². The van der Waals surface area contributed by atoms with Crippen molar-refractivity contribution in [1.29, 1.82) is 0 Å². The van der Waals surface area contributed by atoms with E-state index in [0.717, 1.165) is 6.20 Å². The first kappa shape index (κ1) is 14.8. The molecule has 7 nitrogen and oxygen atoms in total. The molecule has 1 aromatic carbocycles. The summed E-state index contributed by atoms with van der Waals surface area (Å²) in [6.07, 6.45) is 1.14. The van der Waals surface area contributed by atoms with Gasteiger partial charge < -0.3 is 10.5 Å². The van der Waals surface area contributed by atoms with Gasteiger partial charge in [-0.25, -0.2) is 18.2 Å². The zero-order valence-corrected chi connectivity index (χ0v) is 11.9. The molecule has 0 unspecified atom stereocenters. The first-order chi connectivity index (χ1) is 9.94. The summed E-state index contributed by atoms with van der Waals surface area (Å²) in [5.74, 6) is -0.423. The van der Waals surface area contributed by atoms with E-state index in [4.69, 9.17) is 5.73 Å². The molecule has 0 spiro atoms. The van der Waals surface area contributed by atoms with E-state index < -0.39 is 16.0 Å². The first-order valence-corrected chi connectivity index (χ1v) is 7.34. The van der Waals surface area contributed by atoms with Crippen LogP contribution in [0.2, 0.25) is 0 Å². The fourth-order valence-corrected chi connectivity index (χ4v) is 2.64. The van der Waals surface area contributed by atoms with E-state index in [1.807, 2.05) is 0 Å². The predicted molar refractivity (Wildman–Crippen MR) is 77.2 cm³/mol. The quantitative estimate of drug-likeness (QED) is 0.822. The van der Waals surface area contributed by atoms with E-state index in [-0.39, 0.29) is 22.0 Å². The van der Waals surface area contributed by atoms with Gasteiger partial charge in [0.15, 0.2) is 0 Å². The summed E-state index contributed by atoms with van der Waals surface area (Å²) < 4.78 is 31.4. The van der Waals surface area contributed by atoms with Crippen molar-refractivity contribution in [3.63, 3.8) is 0 Å². The molecular formula is C13H13N3O4S. The molecule has 2 rings (SSSR count).